The van der Waals surface area contributed by atoms with Gasteiger partial charge in [0.05, 0.1) is 24.5 Å². The molecule has 38 heavy (non-hydrogen) atoms. The second-order valence-corrected chi connectivity index (χ2v) is 15.8. The fourth-order valence-electron chi connectivity index (χ4n) is 5.61. The largest absolute Gasteiger partial charge is 0.403 e. The van der Waals surface area contributed by atoms with Crippen LogP contribution in [0.4, 0.5) is 14.5 Å². The summed E-state index contributed by atoms with van der Waals surface area (Å²) in [5.74, 6) is -1.99. The minimum Gasteiger partial charge on any atom is -0.403 e. The van der Waals surface area contributed by atoms with Crippen LogP contribution in [-0.2, 0) is 15.8 Å². The predicted octanol–water partition coefficient (Wildman–Crippen LogP) is 5.29. The van der Waals surface area contributed by atoms with Crippen molar-refractivity contribution < 1.29 is 17.9 Å². The number of thiocarbonyl (C=S) groups is 1. The first-order valence-corrected chi connectivity index (χ1v) is 15.2. The van der Waals surface area contributed by atoms with Crippen molar-refractivity contribution in [2.75, 3.05) is 18.0 Å². The van der Waals surface area contributed by atoms with Gasteiger partial charge in [0.2, 0.25) is 0 Å². The van der Waals surface area contributed by atoms with Gasteiger partial charge in [-0.15, -0.1) is 0 Å². The topological polar surface area (TPSA) is 47.7 Å². The van der Waals surface area contributed by atoms with E-state index in [9.17, 15) is 0 Å². The van der Waals surface area contributed by atoms with E-state index < -0.39 is 20.0 Å². The molecule has 0 spiro atoms. The molecule has 1 fully saturated rings. The number of hydrogen-bond donors (Lipinski definition) is 1. The molecule has 202 valence electrons. The second kappa shape index (κ2) is 11.2. The molecule has 0 aromatic heterocycles. The van der Waals surface area contributed by atoms with Crippen LogP contribution >= 0.6 is 12.2 Å². The first-order chi connectivity index (χ1) is 18.0. The monoisotopic (exact) mass is 554 g/mol. The SMILES string of the molecule is CC1CN(c2c(CO[Si](c3ccccc3)(c3ccccc3)C(C)(C)C)cc(C(N)=S)c(F)c2F)CC(C)O1. The van der Waals surface area contributed by atoms with Gasteiger partial charge in [0.15, 0.2) is 11.6 Å². The molecule has 3 aromatic rings. The Bertz CT molecular complexity index is 1240. The van der Waals surface area contributed by atoms with E-state index >= 15 is 8.78 Å². The maximum Gasteiger partial charge on any atom is 0.261 e. The van der Waals surface area contributed by atoms with Crippen LogP contribution in [0.5, 0.6) is 0 Å². The highest BCUT2D eigenvalue weighted by Gasteiger charge is 2.50. The predicted molar refractivity (Wildman–Crippen MR) is 157 cm³/mol. The normalized spacial score (nSPS) is 18.4. The highest BCUT2D eigenvalue weighted by atomic mass is 32.1. The summed E-state index contributed by atoms with van der Waals surface area (Å²) >= 11 is 5.08. The van der Waals surface area contributed by atoms with Crippen LogP contribution < -0.4 is 21.0 Å². The number of halogens is 2. The third-order valence-electron chi connectivity index (χ3n) is 7.12. The van der Waals surface area contributed by atoms with Gasteiger partial charge in [-0.1, -0.05) is 93.7 Å². The average Bonchev–Trinajstić information content (AvgIpc) is 2.86. The zero-order chi connectivity index (χ0) is 27.7. The molecular weight excluding hydrogens is 518 g/mol. The summed E-state index contributed by atoms with van der Waals surface area (Å²) in [5.41, 5.74) is 6.40. The van der Waals surface area contributed by atoms with E-state index in [1.807, 2.05) is 55.1 Å². The first kappa shape index (κ1) is 28.4. The number of ether oxygens (including phenoxy) is 1. The average molecular weight is 555 g/mol. The molecule has 1 aliphatic heterocycles. The van der Waals surface area contributed by atoms with Crippen LogP contribution in [0.15, 0.2) is 66.7 Å². The molecule has 0 aliphatic carbocycles. The number of nitrogens with two attached hydrogens (primary N) is 1. The summed E-state index contributed by atoms with van der Waals surface area (Å²) in [4.78, 5) is 1.66. The van der Waals surface area contributed by atoms with Crippen molar-refractivity contribution in [3.8, 4) is 0 Å². The minimum atomic E-state index is -2.93. The van der Waals surface area contributed by atoms with Crippen LogP contribution in [0, 0.1) is 11.6 Å². The van der Waals surface area contributed by atoms with Crippen molar-refractivity contribution >= 4 is 41.6 Å². The smallest absolute Gasteiger partial charge is 0.261 e. The fourth-order valence-corrected chi connectivity index (χ4v) is 10.3. The lowest BCUT2D eigenvalue weighted by atomic mass is 10.0. The molecular formula is C30H36F2N2O2SSi. The Morgan fingerprint density at radius 2 is 1.47 bits per heavy atom. The van der Waals surface area contributed by atoms with Gasteiger partial charge in [-0.3, -0.25) is 0 Å². The summed E-state index contributed by atoms with van der Waals surface area (Å²) in [6.07, 6.45) is -0.274. The first-order valence-electron chi connectivity index (χ1n) is 12.9. The van der Waals surface area contributed by atoms with Gasteiger partial charge in [0.25, 0.3) is 8.32 Å². The van der Waals surface area contributed by atoms with Crippen molar-refractivity contribution in [2.45, 2.75) is 58.5 Å². The molecule has 4 rings (SSSR count). The number of rotatable bonds is 7. The zero-order valence-corrected chi connectivity index (χ0v) is 24.4. The van der Waals surface area contributed by atoms with Gasteiger partial charge in [-0.2, -0.15) is 0 Å². The van der Waals surface area contributed by atoms with Crippen molar-refractivity contribution in [3.05, 3.63) is 89.5 Å². The summed E-state index contributed by atoms with van der Waals surface area (Å²) in [6, 6.07) is 22.0. The molecule has 0 bridgehead atoms. The molecule has 1 aliphatic rings. The molecule has 0 saturated carbocycles. The summed E-state index contributed by atoms with van der Waals surface area (Å²) < 4.78 is 43.9. The second-order valence-electron chi connectivity index (χ2n) is 11.0. The van der Waals surface area contributed by atoms with Crippen molar-refractivity contribution in [1.29, 1.82) is 0 Å². The Morgan fingerprint density at radius 1 is 0.974 bits per heavy atom. The summed E-state index contributed by atoms with van der Waals surface area (Å²) in [5, 5.41) is 1.93. The van der Waals surface area contributed by atoms with E-state index in [-0.39, 0.29) is 40.1 Å². The minimum absolute atomic E-state index is 0.0650. The highest BCUT2D eigenvalue weighted by Crippen LogP contribution is 2.39. The Balaban J connectivity index is 1.88. The maximum absolute atomic E-state index is 15.8. The third kappa shape index (κ3) is 5.40. The van der Waals surface area contributed by atoms with Crippen LogP contribution in [0.25, 0.3) is 0 Å². The summed E-state index contributed by atoms with van der Waals surface area (Å²) in [6.45, 7) is 11.3. The quantitative estimate of drug-likeness (QED) is 0.318. The summed E-state index contributed by atoms with van der Waals surface area (Å²) in [7, 11) is -2.93. The molecule has 2 atom stereocenters. The van der Waals surface area contributed by atoms with Crippen molar-refractivity contribution in [2.24, 2.45) is 5.73 Å². The van der Waals surface area contributed by atoms with Crippen molar-refractivity contribution in [1.82, 2.24) is 0 Å². The lowest BCUT2D eigenvalue weighted by Gasteiger charge is -2.43. The molecule has 1 saturated heterocycles. The zero-order valence-electron chi connectivity index (χ0n) is 22.6. The van der Waals surface area contributed by atoms with E-state index in [0.717, 1.165) is 10.4 Å². The fraction of sp³-hybridized carbons (Fsp3) is 0.367. The van der Waals surface area contributed by atoms with Crippen LogP contribution in [-0.4, -0.2) is 38.6 Å². The van der Waals surface area contributed by atoms with Gasteiger partial charge in [-0.05, 0) is 35.3 Å². The molecule has 0 radical (unpaired) electrons. The van der Waals surface area contributed by atoms with Gasteiger partial charge in [-0.25, -0.2) is 8.78 Å². The number of benzene rings is 3. The third-order valence-corrected chi connectivity index (χ3v) is 12.3. The Labute approximate surface area is 230 Å². The van der Waals surface area contributed by atoms with E-state index in [4.69, 9.17) is 27.1 Å². The highest BCUT2D eigenvalue weighted by molar-refractivity contribution is 7.80. The Morgan fingerprint density at radius 3 is 1.92 bits per heavy atom. The van der Waals surface area contributed by atoms with Crippen LogP contribution in [0.1, 0.15) is 45.7 Å². The number of hydrogen-bond acceptors (Lipinski definition) is 4. The molecule has 2 unspecified atom stereocenters. The maximum atomic E-state index is 15.8. The molecule has 2 N–H and O–H groups in total. The van der Waals surface area contributed by atoms with E-state index in [2.05, 4.69) is 45.0 Å². The number of morpholine rings is 1. The Hall–Kier alpha value is -2.65. The van der Waals surface area contributed by atoms with Crippen LogP contribution in [0.2, 0.25) is 5.04 Å². The van der Waals surface area contributed by atoms with Crippen molar-refractivity contribution in [3.63, 3.8) is 0 Å². The molecule has 0 amide bonds. The van der Waals surface area contributed by atoms with E-state index in [1.165, 1.54) is 0 Å². The van der Waals surface area contributed by atoms with Gasteiger partial charge < -0.3 is 19.8 Å². The lowest BCUT2D eigenvalue weighted by molar-refractivity contribution is -0.00553. The van der Waals surface area contributed by atoms with Crippen LogP contribution in [0.3, 0.4) is 0 Å². The number of nitrogens with zero attached hydrogens (tertiary/aromatic N) is 1. The molecule has 4 nitrogen and oxygen atoms in total. The van der Waals surface area contributed by atoms with Gasteiger partial charge in [0, 0.05) is 24.2 Å². The molecule has 8 heteroatoms. The standard InChI is InChI=1S/C30H36F2N2O2SSi/c1-20-17-34(18-21(2)36-20)28-22(16-25(29(33)37)26(31)27(28)32)19-35-38(30(3,4)5,23-12-8-6-9-13-23)24-14-10-7-11-15-24/h6-16,20-21H,17-19H2,1-5H3,(H2,33,37). The van der Waals surface area contributed by atoms with E-state index in [0.29, 0.717) is 18.7 Å². The van der Waals surface area contributed by atoms with Gasteiger partial charge >= 0.3 is 0 Å². The van der Waals surface area contributed by atoms with Gasteiger partial charge in [0.1, 0.15) is 4.99 Å². The molecule has 3 aromatic carbocycles. The lowest BCUT2D eigenvalue weighted by Crippen LogP contribution is -2.66. The Kier molecular flexibility index (Phi) is 8.37. The molecule has 1 heterocycles. The number of anilines is 1. The van der Waals surface area contributed by atoms with E-state index in [1.54, 1.807) is 6.07 Å².